The zero-order valence-corrected chi connectivity index (χ0v) is 16.6. The highest BCUT2D eigenvalue weighted by Crippen LogP contribution is 2.66. The minimum absolute atomic E-state index is 0.0189. The Morgan fingerprint density at radius 1 is 1.45 bits per heavy atom. The molecule has 0 saturated heterocycles. The van der Waals surface area contributed by atoms with Gasteiger partial charge in [0.15, 0.2) is 0 Å². The van der Waals surface area contributed by atoms with Crippen LogP contribution in [0, 0.1) is 24.4 Å². The third-order valence-electron chi connectivity index (χ3n) is 5.05. The van der Waals surface area contributed by atoms with Crippen molar-refractivity contribution in [2.45, 2.75) is 32.6 Å². The largest absolute Gasteiger partial charge is 0.506 e. The number of carbonyl (C=O) groups is 1. The quantitative estimate of drug-likeness (QED) is 0.359. The third kappa shape index (κ3) is 3.00. The first-order valence-electron chi connectivity index (χ1n) is 7.44. The number of aromatic hydroxyl groups is 1. The molecule has 0 aromatic heterocycles. The van der Waals surface area contributed by atoms with Crippen molar-refractivity contribution in [1.29, 1.82) is 0 Å². The molecule has 2 saturated carbocycles. The number of nitrogens with zero attached hydrogens (tertiary/aromatic N) is 1. The van der Waals surface area contributed by atoms with Crippen LogP contribution in [0.15, 0.2) is 17.2 Å². The summed E-state index contributed by atoms with van der Waals surface area (Å²) in [4.78, 5) is 12.3. The SMILES string of the molecule is C[C@]12CCCC[C@@H]1[C@H]2C(=O)N/N=C\c1cc(I)cc(I)c1O. The summed E-state index contributed by atoms with van der Waals surface area (Å²) in [5.74, 6) is 0.858. The lowest BCUT2D eigenvalue weighted by molar-refractivity contribution is -0.123. The van der Waals surface area contributed by atoms with Gasteiger partial charge in [0.1, 0.15) is 5.75 Å². The maximum atomic E-state index is 12.3. The molecule has 2 fully saturated rings. The number of phenolic OH excluding ortho intramolecular Hbond substituents is 1. The second kappa shape index (κ2) is 6.26. The van der Waals surface area contributed by atoms with Gasteiger partial charge in [-0.1, -0.05) is 19.8 Å². The van der Waals surface area contributed by atoms with Crippen molar-refractivity contribution in [2.24, 2.45) is 22.4 Å². The van der Waals surface area contributed by atoms with Crippen molar-refractivity contribution in [3.63, 3.8) is 0 Å². The number of phenols is 1. The van der Waals surface area contributed by atoms with Crippen LogP contribution < -0.4 is 5.43 Å². The molecule has 4 nitrogen and oxygen atoms in total. The zero-order chi connectivity index (χ0) is 15.9. The number of benzene rings is 1. The molecule has 1 aromatic carbocycles. The molecule has 0 bridgehead atoms. The van der Waals surface area contributed by atoms with Gasteiger partial charge in [-0.3, -0.25) is 4.79 Å². The first-order chi connectivity index (χ1) is 10.4. The molecule has 0 heterocycles. The molecular weight excluding hydrogens is 506 g/mol. The average molecular weight is 524 g/mol. The van der Waals surface area contributed by atoms with Crippen molar-refractivity contribution in [3.8, 4) is 5.75 Å². The Morgan fingerprint density at radius 3 is 2.91 bits per heavy atom. The highest BCUT2D eigenvalue weighted by molar-refractivity contribution is 14.1. The molecule has 0 aliphatic heterocycles. The van der Waals surface area contributed by atoms with E-state index < -0.39 is 0 Å². The first-order valence-corrected chi connectivity index (χ1v) is 9.60. The lowest BCUT2D eigenvalue weighted by atomic mass is 9.90. The standard InChI is InChI=1S/C16H18I2N2O2/c1-16-5-3-2-4-11(16)13(16)15(22)20-19-8-9-6-10(17)7-12(18)14(9)21/h6-8,11,13,21H,2-5H2,1H3,(H,20,22)/b19-8-/t11-,13+,16+/m1/s1. The van der Waals surface area contributed by atoms with E-state index in [1.54, 1.807) is 0 Å². The van der Waals surface area contributed by atoms with E-state index in [9.17, 15) is 9.90 Å². The van der Waals surface area contributed by atoms with Crippen molar-refractivity contribution >= 4 is 57.3 Å². The van der Waals surface area contributed by atoms with Gasteiger partial charge in [0.2, 0.25) is 5.91 Å². The van der Waals surface area contributed by atoms with Gasteiger partial charge in [-0.2, -0.15) is 5.10 Å². The molecule has 3 atom stereocenters. The molecular formula is C16H18I2N2O2. The summed E-state index contributed by atoms with van der Waals surface area (Å²) in [5.41, 5.74) is 3.47. The highest BCUT2D eigenvalue weighted by atomic mass is 127. The van der Waals surface area contributed by atoms with Crippen LogP contribution in [0.1, 0.15) is 38.2 Å². The molecule has 118 valence electrons. The number of nitrogens with one attached hydrogen (secondary N) is 1. The maximum Gasteiger partial charge on any atom is 0.244 e. The zero-order valence-electron chi connectivity index (χ0n) is 12.3. The van der Waals surface area contributed by atoms with Crippen LogP contribution in [0.4, 0.5) is 0 Å². The van der Waals surface area contributed by atoms with Crippen molar-refractivity contribution < 1.29 is 9.90 Å². The van der Waals surface area contributed by atoms with Gasteiger partial charge in [0.25, 0.3) is 0 Å². The Labute approximate surface area is 157 Å². The summed E-state index contributed by atoms with van der Waals surface area (Å²) >= 11 is 4.27. The maximum absolute atomic E-state index is 12.3. The van der Waals surface area contributed by atoms with E-state index in [0.29, 0.717) is 11.5 Å². The molecule has 1 aromatic rings. The van der Waals surface area contributed by atoms with Crippen LogP contribution in [-0.2, 0) is 4.79 Å². The molecule has 6 heteroatoms. The fraction of sp³-hybridized carbons (Fsp3) is 0.500. The van der Waals surface area contributed by atoms with Crippen LogP contribution >= 0.6 is 45.2 Å². The summed E-state index contributed by atoms with van der Waals surface area (Å²) in [6.07, 6.45) is 6.30. The van der Waals surface area contributed by atoms with Crippen LogP contribution in [0.3, 0.4) is 0 Å². The number of hydrogen-bond donors (Lipinski definition) is 2. The van der Waals surface area contributed by atoms with Crippen LogP contribution in [0.2, 0.25) is 0 Å². The monoisotopic (exact) mass is 524 g/mol. The Balaban J connectivity index is 1.65. The lowest BCUT2D eigenvalue weighted by Crippen LogP contribution is -2.22. The highest BCUT2D eigenvalue weighted by Gasteiger charge is 2.64. The average Bonchev–Trinajstić information content (AvgIpc) is 3.09. The second-order valence-electron chi connectivity index (χ2n) is 6.40. The molecule has 2 N–H and O–H groups in total. The number of hydrazone groups is 1. The first kappa shape index (κ1) is 16.5. The molecule has 22 heavy (non-hydrogen) atoms. The summed E-state index contributed by atoms with van der Waals surface area (Å²) < 4.78 is 1.80. The molecule has 0 radical (unpaired) electrons. The summed E-state index contributed by atoms with van der Waals surface area (Å²) in [6, 6.07) is 3.73. The topological polar surface area (TPSA) is 61.7 Å². The van der Waals surface area contributed by atoms with Crippen LogP contribution in [0.25, 0.3) is 0 Å². The van der Waals surface area contributed by atoms with E-state index in [0.717, 1.165) is 20.0 Å². The van der Waals surface area contributed by atoms with E-state index in [4.69, 9.17) is 0 Å². The van der Waals surface area contributed by atoms with E-state index >= 15 is 0 Å². The Bertz CT molecular complexity index is 647. The van der Waals surface area contributed by atoms with Crippen molar-refractivity contribution in [3.05, 3.63) is 24.8 Å². The van der Waals surface area contributed by atoms with Gasteiger partial charge in [-0.25, -0.2) is 5.43 Å². The Morgan fingerprint density at radius 2 is 2.23 bits per heavy atom. The molecule has 0 spiro atoms. The van der Waals surface area contributed by atoms with Gasteiger partial charge in [-0.15, -0.1) is 0 Å². The number of amides is 1. The second-order valence-corrected chi connectivity index (χ2v) is 8.80. The number of fused-ring (bicyclic) bond motifs is 1. The third-order valence-corrected chi connectivity index (χ3v) is 6.49. The molecule has 3 rings (SSSR count). The van der Waals surface area contributed by atoms with Crippen LogP contribution in [-0.4, -0.2) is 17.2 Å². The summed E-state index contributed by atoms with van der Waals surface area (Å²) in [5, 5.41) is 14.0. The molecule has 1 amide bonds. The fourth-order valence-electron chi connectivity index (χ4n) is 3.77. The smallest absolute Gasteiger partial charge is 0.244 e. The van der Waals surface area contributed by atoms with E-state index in [1.807, 2.05) is 12.1 Å². The normalized spacial score (nSPS) is 30.1. The van der Waals surface area contributed by atoms with Gasteiger partial charge in [0.05, 0.1) is 9.78 Å². The minimum atomic E-state index is 0.0189. The van der Waals surface area contributed by atoms with E-state index in [-0.39, 0.29) is 23.0 Å². The minimum Gasteiger partial charge on any atom is -0.506 e. The van der Waals surface area contributed by atoms with Crippen molar-refractivity contribution in [1.82, 2.24) is 5.43 Å². The van der Waals surface area contributed by atoms with Gasteiger partial charge >= 0.3 is 0 Å². The molecule has 2 aliphatic rings. The predicted octanol–water partition coefficient (Wildman–Crippen LogP) is 3.88. The van der Waals surface area contributed by atoms with Gasteiger partial charge in [-0.05, 0) is 81.5 Å². The van der Waals surface area contributed by atoms with E-state index in [2.05, 4.69) is 62.6 Å². The van der Waals surface area contributed by atoms with Gasteiger partial charge in [0, 0.05) is 15.1 Å². The van der Waals surface area contributed by atoms with Crippen LogP contribution in [0.5, 0.6) is 5.75 Å². The van der Waals surface area contributed by atoms with E-state index in [1.165, 1.54) is 19.1 Å². The van der Waals surface area contributed by atoms with Crippen molar-refractivity contribution in [2.75, 3.05) is 0 Å². The Hall–Kier alpha value is -0.380. The predicted molar refractivity (Wildman–Crippen MR) is 103 cm³/mol. The Kier molecular flexibility index (Phi) is 4.69. The number of carbonyl (C=O) groups excluding carboxylic acids is 1. The number of halogens is 2. The molecule has 2 aliphatic carbocycles. The summed E-state index contributed by atoms with van der Waals surface area (Å²) in [7, 11) is 0. The van der Waals surface area contributed by atoms with Gasteiger partial charge < -0.3 is 5.11 Å². The molecule has 0 unspecified atom stereocenters. The number of rotatable bonds is 3. The fourth-order valence-corrected chi connectivity index (χ4v) is 5.66. The number of hydrogen-bond acceptors (Lipinski definition) is 3. The summed E-state index contributed by atoms with van der Waals surface area (Å²) in [6.45, 7) is 2.22. The lowest BCUT2D eigenvalue weighted by Gasteiger charge is -2.15.